The summed E-state index contributed by atoms with van der Waals surface area (Å²) in [5, 5.41) is 0. The average molecular weight is 272 g/mol. The van der Waals surface area contributed by atoms with E-state index in [2.05, 4.69) is 12.1 Å². The third-order valence-corrected chi connectivity index (χ3v) is 5.22. The van der Waals surface area contributed by atoms with Crippen LogP contribution in [0.5, 0.6) is 0 Å². The lowest BCUT2D eigenvalue weighted by Gasteiger charge is -2.30. The second-order valence-corrected chi connectivity index (χ2v) is 6.43. The summed E-state index contributed by atoms with van der Waals surface area (Å²) in [6.07, 6.45) is 4.51. The number of hydrogen-bond acceptors (Lipinski definition) is 2. The highest BCUT2D eigenvalue weighted by atomic mass is 16.2. The van der Waals surface area contributed by atoms with Gasteiger partial charge in [-0.3, -0.25) is 4.79 Å². The minimum Gasteiger partial charge on any atom is -0.345 e. The molecule has 2 saturated carbocycles. The first-order valence-electron chi connectivity index (χ1n) is 7.71. The number of hydrogen-bond donors (Lipinski definition) is 1. The van der Waals surface area contributed by atoms with Gasteiger partial charge in [0.25, 0.3) is 0 Å². The number of amides is 1. The summed E-state index contributed by atoms with van der Waals surface area (Å²) < 4.78 is 0. The maximum Gasteiger partial charge on any atom is 0.227 e. The van der Waals surface area contributed by atoms with Crippen molar-refractivity contribution < 1.29 is 4.79 Å². The molecule has 0 spiro atoms. The van der Waals surface area contributed by atoms with Crippen LogP contribution in [0.1, 0.15) is 24.8 Å². The topological polar surface area (TPSA) is 46.3 Å². The second-order valence-electron chi connectivity index (χ2n) is 6.43. The Balaban J connectivity index is 1.57. The number of carbonyl (C=O) groups is 1. The van der Waals surface area contributed by atoms with E-state index in [1.54, 1.807) is 0 Å². The first kappa shape index (κ1) is 13.6. The highest BCUT2D eigenvalue weighted by molar-refractivity contribution is 5.80. The summed E-state index contributed by atoms with van der Waals surface area (Å²) in [4.78, 5) is 14.5. The lowest BCUT2D eigenvalue weighted by atomic mass is 9.84. The van der Waals surface area contributed by atoms with Gasteiger partial charge < -0.3 is 10.6 Å². The standard InChI is InChI=1S/C17H24N2O/c1-19(10-9-12-5-3-2-4-6-12)17(20)15-13-7-8-14(11-13)16(15)18/h2-6,13-16H,7-11,18H2,1H3/t13-,14-,15+,16+/m0/s1. The predicted molar refractivity (Wildman–Crippen MR) is 80.1 cm³/mol. The maximum absolute atomic E-state index is 12.6. The third kappa shape index (κ3) is 2.47. The van der Waals surface area contributed by atoms with Crippen molar-refractivity contribution in [2.75, 3.05) is 13.6 Å². The van der Waals surface area contributed by atoms with Crippen molar-refractivity contribution in [1.82, 2.24) is 4.90 Å². The zero-order valence-electron chi connectivity index (χ0n) is 12.2. The van der Waals surface area contributed by atoms with Crippen molar-refractivity contribution >= 4 is 5.91 Å². The van der Waals surface area contributed by atoms with Gasteiger partial charge in [0.1, 0.15) is 0 Å². The first-order valence-corrected chi connectivity index (χ1v) is 7.71. The molecule has 1 aromatic carbocycles. The highest BCUT2D eigenvalue weighted by Crippen LogP contribution is 2.48. The van der Waals surface area contributed by atoms with Crippen LogP contribution >= 0.6 is 0 Å². The maximum atomic E-state index is 12.6. The minimum atomic E-state index is 0.0783. The Morgan fingerprint density at radius 1 is 1.25 bits per heavy atom. The third-order valence-electron chi connectivity index (χ3n) is 5.22. The van der Waals surface area contributed by atoms with Crippen molar-refractivity contribution in [3.8, 4) is 0 Å². The number of carbonyl (C=O) groups excluding carboxylic acids is 1. The summed E-state index contributed by atoms with van der Waals surface area (Å²) in [7, 11) is 1.92. The predicted octanol–water partition coefficient (Wildman–Crippen LogP) is 2.06. The van der Waals surface area contributed by atoms with Crippen LogP contribution in [0.25, 0.3) is 0 Å². The molecule has 2 aliphatic carbocycles. The summed E-state index contributed by atoms with van der Waals surface area (Å²) in [5.74, 6) is 1.48. The van der Waals surface area contributed by atoms with Crippen molar-refractivity contribution in [3.63, 3.8) is 0 Å². The number of nitrogens with zero attached hydrogens (tertiary/aromatic N) is 1. The van der Waals surface area contributed by atoms with Gasteiger partial charge in [0.2, 0.25) is 5.91 Å². The van der Waals surface area contributed by atoms with Crippen LogP contribution in [0.15, 0.2) is 30.3 Å². The average Bonchev–Trinajstić information content (AvgIpc) is 3.06. The first-order chi connectivity index (χ1) is 9.66. The fourth-order valence-corrected chi connectivity index (χ4v) is 4.01. The van der Waals surface area contributed by atoms with Gasteiger partial charge in [-0.15, -0.1) is 0 Å². The van der Waals surface area contributed by atoms with E-state index in [1.165, 1.54) is 24.8 Å². The summed E-state index contributed by atoms with van der Waals surface area (Å²) in [5.41, 5.74) is 7.54. The molecule has 20 heavy (non-hydrogen) atoms. The molecule has 2 N–H and O–H groups in total. The number of benzene rings is 1. The number of nitrogens with two attached hydrogens (primary N) is 1. The van der Waals surface area contributed by atoms with Crippen LogP contribution in [0.3, 0.4) is 0 Å². The number of likely N-dealkylation sites (N-methyl/N-ethyl adjacent to an activating group) is 1. The van der Waals surface area contributed by atoms with Gasteiger partial charge in [0, 0.05) is 19.6 Å². The summed E-state index contributed by atoms with van der Waals surface area (Å²) >= 11 is 0. The molecule has 2 bridgehead atoms. The van der Waals surface area contributed by atoms with Crippen LogP contribution in [-0.4, -0.2) is 30.4 Å². The molecule has 1 amide bonds. The monoisotopic (exact) mass is 272 g/mol. The molecule has 0 unspecified atom stereocenters. The minimum absolute atomic E-state index is 0.0783. The quantitative estimate of drug-likeness (QED) is 0.912. The molecule has 0 saturated heterocycles. The second kappa shape index (κ2) is 5.57. The number of fused-ring (bicyclic) bond motifs is 2. The molecule has 4 atom stereocenters. The van der Waals surface area contributed by atoms with Gasteiger partial charge in [0.15, 0.2) is 0 Å². The van der Waals surface area contributed by atoms with Gasteiger partial charge in [-0.05, 0) is 43.1 Å². The van der Waals surface area contributed by atoms with E-state index < -0.39 is 0 Å². The van der Waals surface area contributed by atoms with Crippen LogP contribution < -0.4 is 5.73 Å². The highest BCUT2D eigenvalue weighted by Gasteiger charge is 2.49. The zero-order valence-corrected chi connectivity index (χ0v) is 12.2. The van der Waals surface area contributed by atoms with Crippen molar-refractivity contribution in [2.24, 2.45) is 23.5 Å². The Morgan fingerprint density at radius 2 is 1.95 bits per heavy atom. The molecule has 1 aromatic rings. The summed E-state index contributed by atoms with van der Waals surface area (Å²) in [6.45, 7) is 0.781. The molecule has 2 aliphatic rings. The van der Waals surface area contributed by atoms with Gasteiger partial charge in [-0.1, -0.05) is 30.3 Å². The summed E-state index contributed by atoms with van der Waals surface area (Å²) in [6, 6.07) is 10.4. The van der Waals surface area contributed by atoms with E-state index in [0.29, 0.717) is 11.8 Å². The molecule has 108 valence electrons. The van der Waals surface area contributed by atoms with Crippen molar-refractivity contribution in [2.45, 2.75) is 31.7 Å². The van der Waals surface area contributed by atoms with E-state index in [0.717, 1.165) is 13.0 Å². The Hall–Kier alpha value is -1.35. The lowest BCUT2D eigenvalue weighted by molar-refractivity contribution is -0.136. The SMILES string of the molecule is CN(CCc1ccccc1)C(=O)[C@@H]1[C@H]2CC[C@@H](C2)[C@H]1N. The smallest absolute Gasteiger partial charge is 0.227 e. The van der Waals surface area contributed by atoms with Crippen LogP contribution in [0.2, 0.25) is 0 Å². The van der Waals surface area contributed by atoms with Crippen molar-refractivity contribution in [3.05, 3.63) is 35.9 Å². The van der Waals surface area contributed by atoms with Gasteiger partial charge in [-0.2, -0.15) is 0 Å². The Bertz CT molecular complexity index is 471. The molecule has 0 aromatic heterocycles. The largest absolute Gasteiger partial charge is 0.345 e. The molecule has 3 heteroatoms. The van der Waals surface area contributed by atoms with Crippen molar-refractivity contribution in [1.29, 1.82) is 0 Å². The lowest BCUT2D eigenvalue weighted by Crippen LogP contribution is -2.46. The van der Waals surface area contributed by atoms with Crippen LogP contribution in [0, 0.1) is 17.8 Å². The van der Waals surface area contributed by atoms with Gasteiger partial charge in [-0.25, -0.2) is 0 Å². The molecule has 0 radical (unpaired) electrons. The fourth-order valence-electron chi connectivity index (χ4n) is 4.01. The molecular weight excluding hydrogens is 248 g/mol. The number of rotatable bonds is 4. The van der Waals surface area contributed by atoms with Gasteiger partial charge >= 0.3 is 0 Å². The van der Waals surface area contributed by atoms with E-state index >= 15 is 0 Å². The van der Waals surface area contributed by atoms with E-state index in [4.69, 9.17) is 5.73 Å². The van der Waals surface area contributed by atoms with E-state index in [9.17, 15) is 4.79 Å². The van der Waals surface area contributed by atoms with E-state index in [1.807, 2.05) is 30.1 Å². The Labute approximate surface area is 121 Å². The zero-order chi connectivity index (χ0) is 14.1. The van der Waals surface area contributed by atoms with Crippen LogP contribution in [-0.2, 0) is 11.2 Å². The molecule has 2 fully saturated rings. The van der Waals surface area contributed by atoms with E-state index in [-0.39, 0.29) is 17.9 Å². The molecular formula is C17H24N2O. The normalized spacial score (nSPS) is 31.5. The Morgan fingerprint density at radius 3 is 2.60 bits per heavy atom. The van der Waals surface area contributed by atoms with Crippen LogP contribution in [0.4, 0.5) is 0 Å². The molecule has 3 nitrogen and oxygen atoms in total. The Kier molecular flexibility index (Phi) is 3.79. The molecule has 3 rings (SSSR count). The van der Waals surface area contributed by atoms with Gasteiger partial charge in [0.05, 0.1) is 5.92 Å². The molecule has 0 heterocycles. The fraction of sp³-hybridized carbons (Fsp3) is 0.588. The molecule has 0 aliphatic heterocycles.